The van der Waals surface area contributed by atoms with Gasteiger partial charge in [-0.25, -0.2) is 0 Å². The first kappa shape index (κ1) is 12.7. The zero-order valence-electron chi connectivity index (χ0n) is 9.21. The second kappa shape index (κ2) is 4.84. The van der Waals surface area contributed by atoms with Gasteiger partial charge in [-0.1, -0.05) is 29.6 Å². The predicted molar refractivity (Wildman–Crippen MR) is 68.3 cm³/mol. The van der Waals surface area contributed by atoms with Crippen molar-refractivity contribution in [3.05, 3.63) is 10.2 Å². The number of hydrogen-bond acceptors (Lipinski definition) is 5. The number of nitrogens with one attached hydrogen (secondary N) is 1. The molecule has 1 aliphatic carbocycles. The molecule has 0 spiro atoms. The average Bonchev–Trinajstić information content (AvgIpc) is 2.23. The molecular weight excluding hydrogens is 263 g/mol. The molecule has 7 heteroatoms. The fourth-order valence-electron chi connectivity index (χ4n) is 1.89. The molecule has 2 rings (SSSR count). The van der Waals surface area contributed by atoms with Crippen molar-refractivity contribution in [2.75, 3.05) is 24.2 Å². The van der Waals surface area contributed by atoms with Crippen molar-refractivity contribution in [1.82, 2.24) is 9.97 Å². The fraction of sp³-hybridized carbons (Fsp3) is 0.600. The number of anilines is 2. The highest BCUT2D eigenvalue weighted by molar-refractivity contribution is 6.42. The third-order valence-electron chi connectivity index (χ3n) is 3.21. The average molecular weight is 277 g/mol. The largest absolute Gasteiger partial charge is 0.396 e. The first-order valence-corrected chi connectivity index (χ1v) is 6.15. The van der Waals surface area contributed by atoms with Crippen LogP contribution in [0.1, 0.15) is 19.3 Å². The minimum atomic E-state index is -0.0600. The van der Waals surface area contributed by atoms with E-state index in [-0.39, 0.29) is 28.1 Å². The molecule has 4 N–H and O–H groups in total. The zero-order chi connectivity index (χ0) is 12.5. The topological polar surface area (TPSA) is 84.1 Å². The maximum Gasteiger partial charge on any atom is 0.223 e. The number of rotatable bonds is 4. The van der Waals surface area contributed by atoms with Crippen LogP contribution in [-0.4, -0.2) is 28.2 Å². The van der Waals surface area contributed by atoms with Crippen LogP contribution in [0.2, 0.25) is 10.2 Å². The highest BCUT2D eigenvalue weighted by Crippen LogP contribution is 2.40. The van der Waals surface area contributed by atoms with E-state index < -0.39 is 0 Å². The Morgan fingerprint density at radius 2 is 2.06 bits per heavy atom. The number of aromatic nitrogens is 2. The standard InChI is InChI=1S/C10H14Cl2N4O/c11-6-7(12)15-9(13)16-8(6)14-4-10(5-17)2-1-3-10/h17H,1-5H2,(H3,13,14,15,16). The Morgan fingerprint density at radius 3 is 2.59 bits per heavy atom. The minimum absolute atomic E-state index is 0.0600. The molecule has 17 heavy (non-hydrogen) atoms. The van der Waals surface area contributed by atoms with E-state index in [0.29, 0.717) is 12.4 Å². The summed E-state index contributed by atoms with van der Waals surface area (Å²) in [5.41, 5.74) is 5.43. The monoisotopic (exact) mass is 276 g/mol. The van der Waals surface area contributed by atoms with E-state index in [9.17, 15) is 5.11 Å². The van der Waals surface area contributed by atoms with Crippen molar-refractivity contribution in [3.8, 4) is 0 Å². The third-order valence-corrected chi connectivity index (χ3v) is 3.94. The van der Waals surface area contributed by atoms with Gasteiger partial charge in [-0.3, -0.25) is 0 Å². The minimum Gasteiger partial charge on any atom is -0.396 e. The number of nitrogen functional groups attached to an aromatic ring is 1. The van der Waals surface area contributed by atoms with Gasteiger partial charge < -0.3 is 16.2 Å². The Morgan fingerprint density at radius 1 is 1.35 bits per heavy atom. The lowest BCUT2D eigenvalue weighted by Gasteiger charge is -2.40. The van der Waals surface area contributed by atoms with E-state index in [2.05, 4.69) is 15.3 Å². The van der Waals surface area contributed by atoms with Gasteiger partial charge in [0.15, 0.2) is 11.0 Å². The molecule has 0 aliphatic heterocycles. The molecular formula is C10H14Cl2N4O. The van der Waals surface area contributed by atoms with Gasteiger partial charge in [-0.2, -0.15) is 9.97 Å². The van der Waals surface area contributed by atoms with Crippen molar-refractivity contribution in [2.24, 2.45) is 5.41 Å². The molecule has 1 aliphatic rings. The molecule has 0 unspecified atom stereocenters. The van der Waals surface area contributed by atoms with Gasteiger partial charge in [0, 0.05) is 12.0 Å². The summed E-state index contributed by atoms with van der Waals surface area (Å²) in [6.07, 6.45) is 3.15. The summed E-state index contributed by atoms with van der Waals surface area (Å²) in [4.78, 5) is 7.73. The number of hydrogen-bond donors (Lipinski definition) is 3. The van der Waals surface area contributed by atoms with Crippen LogP contribution in [0.5, 0.6) is 0 Å². The quantitative estimate of drug-likeness (QED) is 0.732. The molecule has 0 amide bonds. The summed E-state index contributed by atoms with van der Waals surface area (Å²) < 4.78 is 0. The van der Waals surface area contributed by atoms with E-state index in [0.717, 1.165) is 19.3 Å². The molecule has 0 radical (unpaired) electrons. The van der Waals surface area contributed by atoms with Gasteiger partial charge >= 0.3 is 0 Å². The Balaban J connectivity index is 2.08. The predicted octanol–water partition coefficient (Wildman–Crippen LogP) is 1.94. The highest BCUT2D eigenvalue weighted by Gasteiger charge is 2.36. The van der Waals surface area contributed by atoms with E-state index in [4.69, 9.17) is 28.9 Å². The molecule has 1 heterocycles. The van der Waals surface area contributed by atoms with Gasteiger partial charge in [0.25, 0.3) is 0 Å². The van der Waals surface area contributed by atoms with Crippen LogP contribution in [0.25, 0.3) is 0 Å². The lowest BCUT2D eigenvalue weighted by Crippen LogP contribution is -2.40. The Hall–Kier alpha value is -0.780. The lowest BCUT2D eigenvalue weighted by atomic mass is 9.69. The van der Waals surface area contributed by atoms with Crippen LogP contribution in [0.3, 0.4) is 0 Å². The van der Waals surface area contributed by atoms with Crippen molar-refractivity contribution < 1.29 is 5.11 Å². The maximum atomic E-state index is 9.34. The summed E-state index contributed by atoms with van der Waals surface area (Å²) in [5.74, 6) is 0.498. The molecule has 5 nitrogen and oxygen atoms in total. The molecule has 0 saturated heterocycles. The lowest BCUT2D eigenvalue weighted by molar-refractivity contribution is 0.0576. The highest BCUT2D eigenvalue weighted by atomic mass is 35.5. The molecule has 0 bridgehead atoms. The Labute approximate surface area is 109 Å². The van der Waals surface area contributed by atoms with E-state index in [1.807, 2.05) is 0 Å². The number of aliphatic hydroxyl groups excluding tert-OH is 1. The summed E-state index contributed by atoms with van der Waals surface area (Å²) >= 11 is 11.8. The molecule has 0 aromatic carbocycles. The fourth-order valence-corrected chi connectivity index (χ4v) is 2.22. The zero-order valence-corrected chi connectivity index (χ0v) is 10.7. The summed E-state index contributed by atoms with van der Waals surface area (Å²) in [7, 11) is 0. The van der Waals surface area contributed by atoms with Crippen molar-refractivity contribution in [1.29, 1.82) is 0 Å². The SMILES string of the molecule is Nc1nc(Cl)c(Cl)c(NCC2(CO)CCC2)n1. The van der Waals surface area contributed by atoms with Gasteiger partial charge in [-0.05, 0) is 12.8 Å². The van der Waals surface area contributed by atoms with Crippen LogP contribution in [0, 0.1) is 5.41 Å². The Bertz CT molecular complexity index is 418. The summed E-state index contributed by atoms with van der Waals surface area (Å²) in [5, 5.41) is 12.8. The van der Waals surface area contributed by atoms with Crippen molar-refractivity contribution in [3.63, 3.8) is 0 Å². The van der Waals surface area contributed by atoms with Gasteiger partial charge in [0.1, 0.15) is 5.02 Å². The second-order valence-electron chi connectivity index (χ2n) is 4.40. The number of halogens is 2. The Kier molecular flexibility index (Phi) is 3.61. The third kappa shape index (κ3) is 2.56. The van der Waals surface area contributed by atoms with Crippen molar-refractivity contribution >= 4 is 35.0 Å². The van der Waals surface area contributed by atoms with Crippen LogP contribution < -0.4 is 11.1 Å². The molecule has 1 aromatic rings. The number of nitrogens with zero attached hydrogens (tertiary/aromatic N) is 2. The molecule has 94 valence electrons. The van der Waals surface area contributed by atoms with Gasteiger partial charge in [0.05, 0.1) is 6.61 Å². The molecule has 1 aromatic heterocycles. The molecule has 1 fully saturated rings. The molecule has 1 saturated carbocycles. The van der Waals surface area contributed by atoms with E-state index in [1.165, 1.54) is 0 Å². The van der Waals surface area contributed by atoms with E-state index >= 15 is 0 Å². The van der Waals surface area contributed by atoms with Crippen LogP contribution >= 0.6 is 23.2 Å². The second-order valence-corrected chi connectivity index (χ2v) is 5.14. The molecule has 0 atom stereocenters. The number of aliphatic hydroxyl groups is 1. The van der Waals surface area contributed by atoms with Crippen molar-refractivity contribution in [2.45, 2.75) is 19.3 Å². The van der Waals surface area contributed by atoms with Gasteiger partial charge in [-0.15, -0.1) is 0 Å². The van der Waals surface area contributed by atoms with Crippen LogP contribution in [0.4, 0.5) is 11.8 Å². The van der Waals surface area contributed by atoms with Crippen LogP contribution in [0.15, 0.2) is 0 Å². The smallest absolute Gasteiger partial charge is 0.223 e. The van der Waals surface area contributed by atoms with Gasteiger partial charge in [0.2, 0.25) is 5.95 Å². The number of nitrogens with two attached hydrogens (primary N) is 1. The summed E-state index contributed by atoms with van der Waals surface area (Å²) in [6, 6.07) is 0. The van der Waals surface area contributed by atoms with E-state index in [1.54, 1.807) is 0 Å². The van der Waals surface area contributed by atoms with Crippen LogP contribution in [-0.2, 0) is 0 Å². The summed E-state index contributed by atoms with van der Waals surface area (Å²) in [6.45, 7) is 0.766. The first-order chi connectivity index (χ1) is 8.06. The first-order valence-electron chi connectivity index (χ1n) is 5.40. The normalized spacial score (nSPS) is 17.6. The maximum absolute atomic E-state index is 9.34.